The Bertz CT molecular complexity index is 950. The minimum atomic E-state index is -0.225. The van der Waals surface area contributed by atoms with Crippen molar-refractivity contribution in [2.24, 2.45) is 0 Å². The second-order valence-corrected chi connectivity index (χ2v) is 5.99. The molecule has 2 aromatic carbocycles. The van der Waals surface area contributed by atoms with Crippen LogP contribution in [0.2, 0.25) is 0 Å². The van der Waals surface area contributed by atoms with Gasteiger partial charge in [-0.2, -0.15) is 5.10 Å². The summed E-state index contributed by atoms with van der Waals surface area (Å²) in [5, 5.41) is 9.88. The fourth-order valence-electron chi connectivity index (χ4n) is 2.80. The molecule has 1 aromatic heterocycles. The molecule has 0 atom stereocenters. The van der Waals surface area contributed by atoms with Gasteiger partial charge in [0.25, 0.3) is 5.91 Å². The van der Waals surface area contributed by atoms with Gasteiger partial charge in [-0.3, -0.25) is 9.89 Å². The summed E-state index contributed by atoms with van der Waals surface area (Å²) in [6.45, 7) is 3.17. The highest BCUT2D eigenvalue weighted by molar-refractivity contribution is 5.93. The second kappa shape index (κ2) is 7.41. The quantitative estimate of drug-likeness (QED) is 0.701. The van der Waals surface area contributed by atoms with Crippen LogP contribution in [-0.4, -0.2) is 29.5 Å². The first-order chi connectivity index (χ1) is 13.2. The average molecular weight is 365 g/mol. The zero-order chi connectivity index (χ0) is 18.6. The Hall–Kier alpha value is -3.48. The lowest BCUT2D eigenvalue weighted by molar-refractivity contribution is 0.0946. The van der Waals surface area contributed by atoms with Crippen molar-refractivity contribution in [3.05, 3.63) is 59.8 Å². The lowest BCUT2D eigenvalue weighted by atomic mass is 10.1. The lowest BCUT2D eigenvalue weighted by Gasteiger charge is -2.05. The summed E-state index contributed by atoms with van der Waals surface area (Å²) in [5.74, 6) is 2.00. The molecule has 0 bridgehead atoms. The van der Waals surface area contributed by atoms with Gasteiger partial charge >= 0.3 is 0 Å². The van der Waals surface area contributed by atoms with Crippen LogP contribution in [0.1, 0.15) is 23.0 Å². The van der Waals surface area contributed by atoms with Crippen molar-refractivity contribution in [1.29, 1.82) is 0 Å². The number of carbonyl (C=O) groups is 1. The lowest BCUT2D eigenvalue weighted by Crippen LogP contribution is -2.23. The van der Waals surface area contributed by atoms with E-state index in [9.17, 15) is 4.79 Å². The fraction of sp³-hybridized carbons (Fsp3) is 0.200. The molecule has 0 aliphatic carbocycles. The number of hydrogen-bond donors (Lipinski definition) is 2. The Labute approximate surface area is 156 Å². The Balaban J connectivity index is 1.39. The van der Waals surface area contributed by atoms with Crippen LogP contribution in [0.5, 0.6) is 17.2 Å². The number of fused-ring (bicyclic) bond motifs is 1. The first kappa shape index (κ1) is 17.0. The average Bonchev–Trinajstić information content (AvgIpc) is 3.36. The fourth-order valence-corrected chi connectivity index (χ4v) is 2.80. The van der Waals surface area contributed by atoms with Gasteiger partial charge in [-0.1, -0.05) is 6.07 Å². The molecule has 27 heavy (non-hydrogen) atoms. The number of aromatic nitrogens is 2. The smallest absolute Gasteiger partial charge is 0.269 e. The third kappa shape index (κ3) is 3.72. The Kier molecular flexibility index (Phi) is 4.65. The van der Waals surface area contributed by atoms with Crippen molar-refractivity contribution in [2.45, 2.75) is 13.5 Å². The third-order valence-corrected chi connectivity index (χ3v) is 4.17. The number of rotatable bonds is 6. The summed E-state index contributed by atoms with van der Waals surface area (Å²) in [5.41, 5.74) is 2.94. The van der Waals surface area contributed by atoms with Crippen LogP contribution in [0.3, 0.4) is 0 Å². The van der Waals surface area contributed by atoms with Crippen LogP contribution < -0.4 is 19.5 Å². The van der Waals surface area contributed by atoms with Crippen molar-refractivity contribution in [1.82, 2.24) is 15.5 Å². The standard InChI is InChI=1S/C20H19N3O4/c1-2-25-15-6-4-14(5-7-15)16-10-17(23-22-16)20(24)21-11-13-3-8-18-19(9-13)27-12-26-18/h3-10H,2,11-12H2,1H3,(H,21,24)(H,22,23). The third-order valence-electron chi connectivity index (χ3n) is 4.17. The molecule has 1 aliphatic heterocycles. The van der Waals surface area contributed by atoms with Crippen molar-refractivity contribution in [2.75, 3.05) is 13.4 Å². The molecule has 2 heterocycles. The highest BCUT2D eigenvalue weighted by atomic mass is 16.7. The van der Waals surface area contributed by atoms with Gasteiger partial charge in [0.1, 0.15) is 11.4 Å². The van der Waals surface area contributed by atoms with E-state index in [-0.39, 0.29) is 12.7 Å². The maximum absolute atomic E-state index is 12.4. The normalized spacial score (nSPS) is 12.0. The Morgan fingerprint density at radius 2 is 1.96 bits per heavy atom. The van der Waals surface area contributed by atoms with Crippen LogP contribution >= 0.6 is 0 Å². The summed E-state index contributed by atoms with van der Waals surface area (Å²) in [6.07, 6.45) is 0. The molecule has 0 saturated carbocycles. The maximum atomic E-state index is 12.4. The van der Waals surface area contributed by atoms with E-state index in [4.69, 9.17) is 14.2 Å². The molecule has 0 saturated heterocycles. The van der Waals surface area contributed by atoms with Gasteiger partial charge in [-0.25, -0.2) is 0 Å². The van der Waals surface area contributed by atoms with Gasteiger partial charge in [0.2, 0.25) is 6.79 Å². The van der Waals surface area contributed by atoms with Crippen molar-refractivity contribution in [3.63, 3.8) is 0 Å². The van der Waals surface area contributed by atoms with Crippen LogP contribution in [-0.2, 0) is 6.54 Å². The number of aromatic amines is 1. The van der Waals surface area contributed by atoms with Gasteiger partial charge in [0.05, 0.1) is 12.3 Å². The monoisotopic (exact) mass is 365 g/mol. The topological polar surface area (TPSA) is 85.5 Å². The summed E-state index contributed by atoms with van der Waals surface area (Å²) >= 11 is 0. The van der Waals surface area contributed by atoms with E-state index in [1.54, 1.807) is 6.07 Å². The maximum Gasteiger partial charge on any atom is 0.269 e. The Morgan fingerprint density at radius 1 is 1.15 bits per heavy atom. The minimum absolute atomic E-state index is 0.225. The van der Waals surface area contributed by atoms with E-state index in [1.165, 1.54) is 0 Å². The van der Waals surface area contributed by atoms with E-state index in [0.29, 0.717) is 30.3 Å². The highest BCUT2D eigenvalue weighted by Crippen LogP contribution is 2.32. The predicted octanol–water partition coefficient (Wildman–Crippen LogP) is 3.13. The summed E-state index contributed by atoms with van der Waals surface area (Å²) in [6, 6.07) is 14.9. The first-order valence-electron chi connectivity index (χ1n) is 8.68. The molecule has 0 unspecified atom stereocenters. The molecule has 1 amide bonds. The van der Waals surface area contributed by atoms with Crippen LogP contribution in [0.4, 0.5) is 0 Å². The van der Waals surface area contributed by atoms with Crippen LogP contribution in [0.25, 0.3) is 11.3 Å². The number of H-pyrrole nitrogens is 1. The molecule has 7 nitrogen and oxygen atoms in total. The number of carbonyl (C=O) groups excluding carboxylic acids is 1. The van der Waals surface area contributed by atoms with E-state index in [2.05, 4.69) is 15.5 Å². The Morgan fingerprint density at radius 3 is 2.78 bits per heavy atom. The first-order valence-corrected chi connectivity index (χ1v) is 8.68. The molecule has 0 radical (unpaired) electrons. The van der Waals surface area contributed by atoms with E-state index < -0.39 is 0 Å². The summed E-state index contributed by atoms with van der Waals surface area (Å²) in [4.78, 5) is 12.4. The molecule has 0 spiro atoms. The number of amides is 1. The van der Waals surface area contributed by atoms with Gasteiger partial charge in [-0.15, -0.1) is 0 Å². The second-order valence-electron chi connectivity index (χ2n) is 5.99. The van der Waals surface area contributed by atoms with Crippen LogP contribution in [0.15, 0.2) is 48.5 Å². The van der Waals surface area contributed by atoms with Crippen molar-refractivity contribution >= 4 is 5.91 Å². The van der Waals surface area contributed by atoms with Crippen molar-refractivity contribution < 1.29 is 19.0 Å². The van der Waals surface area contributed by atoms with E-state index in [1.807, 2.05) is 49.4 Å². The SMILES string of the molecule is CCOc1ccc(-c2cc(C(=O)NCc3ccc4c(c3)OCO4)[nH]n2)cc1. The zero-order valence-electron chi connectivity index (χ0n) is 14.8. The number of nitrogens with zero attached hydrogens (tertiary/aromatic N) is 1. The van der Waals surface area contributed by atoms with E-state index in [0.717, 1.165) is 22.6 Å². The van der Waals surface area contributed by atoms with Crippen LogP contribution in [0, 0.1) is 0 Å². The van der Waals surface area contributed by atoms with Gasteiger partial charge in [0, 0.05) is 12.1 Å². The predicted molar refractivity (Wildman–Crippen MR) is 98.9 cm³/mol. The molecule has 7 heteroatoms. The van der Waals surface area contributed by atoms with Crippen molar-refractivity contribution in [3.8, 4) is 28.5 Å². The largest absolute Gasteiger partial charge is 0.494 e. The van der Waals surface area contributed by atoms with E-state index >= 15 is 0 Å². The molecule has 2 N–H and O–H groups in total. The molecular formula is C20H19N3O4. The van der Waals surface area contributed by atoms with Gasteiger partial charge in [0.15, 0.2) is 11.5 Å². The van der Waals surface area contributed by atoms with Gasteiger partial charge < -0.3 is 19.5 Å². The number of benzene rings is 2. The molecule has 1 aliphatic rings. The summed E-state index contributed by atoms with van der Waals surface area (Å²) in [7, 11) is 0. The number of hydrogen-bond acceptors (Lipinski definition) is 5. The molecule has 3 aromatic rings. The van der Waals surface area contributed by atoms with Gasteiger partial charge in [-0.05, 0) is 55.0 Å². The number of ether oxygens (including phenoxy) is 3. The molecule has 4 rings (SSSR count). The molecular weight excluding hydrogens is 346 g/mol. The zero-order valence-corrected chi connectivity index (χ0v) is 14.8. The minimum Gasteiger partial charge on any atom is -0.494 e. The number of nitrogens with one attached hydrogen (secondary N) is 2. The molecule has 138 valence electrons. The highest BCUT2D eigenvalue weighted by Gasteiger charge is 2.15. The molecule has 0 fully saturated rings. The summed E-state index contributed by atoms with van der Waals surface area (Å²) < 4.78 is 16.1.